The van der Waals surface area contributed by atoms with E-state index in [0.29, 0.717) is 5.92 Å². The molecule has 2 heterocycles. The van der Waals surface area contributed by atoms with Gasteiger partial charge in [-0.05, 0) is 32.8 Å². The Kier molecular flexibility index (Phi) is 3.61. The number of aromatic nitrogens is 2. The lowest BCUT2D eigenvalue weighted by Gasteiger charge is -2.19. The minimum atomic E-state index is 0.0470. The standard InChI is InChI=1S/C12H21N3O/c1-3-15-12(9(2)13)7-11(14-15)10-5-4-6-16-8-10/h7,9-10H,3-6,8,13H2,1-2H3/t9-,10?/m1/s1. The number of ether oxygens (including phenoxy) is 1. The molecule has 2 rings (SSSR count). The summed E-state index contributed by atoms with van der Waals surface area (Å²) < 4.78 is 7.51. The van der Waals surface area contributed by atoms with Crippen LogP contribution < -0.4 is 5.73 Å². The Morgan fingerprint density at radius 1 is 1.69 bits per heavy atom. The molecule has 0 aliphatic carbocycles. The summed E-state index contributed by atoms with van der Waals surface area (Å²) in [6, 6.07) is 2.19. The van der Waals surface area contributed by atoms with Gasteiger partial charge in [0.2, 0.25) is 0 Å². The van der Waals surface area contributed by atoms with Gasteiger partial charge in [0.1, 0.15) is 0 Å². The fourth-order valence-corrected chi connectivity index (χ4v) is 2.25. The Morgan fingerprint density at radius 3 is 3.00 bits per heavy atom. The van der Waals surface area contributed by atoms with Gasteiger partial charge in [0.25, 0.3) is 0 Å². The van der Waals surface area contributed by atoms with Crippen molar-refractivity contribution in [3.63, 3.8) is 0 Å². The van der Waals surface area contributed by atoms with E-state index in [1.165, 1.54) is 6.42 Å². The van der Waals surface area contributed by atoms with Gasteiger partial charge in [-0.1, -0.05) is 0 Å². The Balaban J connectivity index is 2.20. The van der Waals surface area contributed by atoms with Gasteiger partial charge in [-0.15, -0.1) is 0 Å². The second-order valence-corrected chi connectivity index (χ2v) is 4.51. The van der Waals surface area contributed by atoms with E-state index >= 15 is 0 Å². The fraction of sp³-hybridized carbons (Fsp3) is 0.750. The molecule has 0 saturated carbocycles. The van der Waals surface area contributed by atoms with Crippen LogP contribution in [0, 0.1) is 0 Å². The summed E-state index contributed by atoms with van der Waals surface area (Å²) in [5.74, 6) is 0.457. The number of aryl methyl sites for hydroxylation is 1. The van der Waals surface area contributed by atoms with Gasteiger partial charge in [0, 0.05) is 25.1 Å². The summed E-state index contributed by atoms with van der Waals surface area (Å²) in [5.41, 5.74) is 8.22. The summed E-state index contributed by atoms with van der Waals surface area (Å²) in [7, 11) is 0. The number of rotatable bonds is 3. The third kappa shape index (κ3) is 2.28. The third-order valence-electron chi connectivity index (χ3n) is 3.17. The molecule has 2 N–H and O–H groups in total. The van der Waals surface area contributed by atoms with E-state index in [2.05, 4.69) is 18.1 Å². The quantitative estimate of drug-likeness (QED) is 0.850. The van der Waals surface area contributed by atoms with Crippen LogP contribution in [-0.2, 0) is 11.3 Å². The van der Waals surface area contributed by atoms with Crippen molar-refractivity contribution in [2.45, 2.75) is 45.2 Å². The molecule has 1 unspecified atom stereocenters. The highest BCUT2D eigenvalue weighted by atomic mass is 16.5. The average Bonchev–Trinajstić information content (AvgIpc) is 2.74. The van der Waals surface area contributed by atoms with Gasteiger partial charge in [-0.2, -0.15) is 5.10 Å². The highest BCUT2D eigenvalue weighted by molar-refractivity contribution is 5.17. The second kappa shape index (κ2) is 4.97. The maximum Gasteiger partial charge on any atom is 0.0682 e. The molecule has 1 aliphatic heterocycles. The Bertz CT molecular complexity index is 340. The smallest absolute Gasteiger partial charge is 0.0682 e. The Hall–Kier alpha value is -0.870. The number of nitrogens with two attached hydrogens (primary N) is 1. The van der Waals surface area contributed by atoms with E-state index in [9.17, 15) is 0 Å². The predicted octanol–water partition coefficient (Wildman–Crippen LogP) is 1.82. The zero-order chi connectivity index (χ0) is 11.5. The molecule has 0 aromatic carbocycles. The first-order chi connectivity index (χ1) is 7.72. The Morgan fingerprint density at radius 2 is 2.50 bits per heavy atom. The first-order valence-corrected chi connectivity index (χ1v) is 6.13. The van der Waals surface area contributed by atoms with Crippen molar-refractivity contribution < 1.29 is 4.74 Å². The molecule has 0 radical (unpaired) electrons. The summed E-state index contributed by atoms with van der Waals surface area (Å²) in [6.45, 7) is 6.68. The summed E-state index contributed by atoms with van der Waals surface area (Å²) in [4.78, 5) is 0. The van der Waals surface area contributed by atoms with Gasteiger partial charge >= 0.3 is 0 Å². The molecule has 1 aromatic heterocycles. The van der Waals surface area contributed by atoms with E-state index in [1.54, 1.807) is 0 Å². The van der Waals surface area contributed by atoms with Crippen molar-refractivity contribution in [3.8, 4) is 0 Å². The van der Waals surface area contributed by atoms with Crippen LogP contribution in [0.2, 0.25) is 0 Å². The molecule has 2 atom stereocenters. The maximum absolute atomic E-state index is 5.94. The molecule has 1 aromatic rings. The van der Waals surface area contributed by atoms with E-state index in [-0.39, 0.29) is 6.04 Å². The van der Waals surface area contributed by atoms with Crippen molar-refractivity contribution in [2.75, 3.05) is 13.2 Å². The van der Waals surface area contributed by atoms with Crippen molar-refractivity contribution in [1.82, 2.24) is 9.78 Å². The van der Waals surface area contributed by atoms with Crippen molar-refractivity contribution in [1.29, 1.82) is 0 Å². The van der Waals surface area contributed by atoms with Gasteiger partial charge in [-0.25, -0.2) is 0 Å². The van der Waals surface area contributed by atoms with E-state index in [4.69, 9.17) is 10.5 Å². The molecule has 16 heavy (non-hydrogen) atoms. The van der Waals surface area contributed by atoms with Crippen molar-refractivity contribution in [2.24, 2.45) is 5.73 Å². The SMILES string of the molecule is CCn1nc(C2CCCOC2)cc1[C@@H](C)N. The molecule has 1 fully saturated rings. The van der Waals surface area contributed by atoms with E-state index in [1.807, 2.05) is 11.6 Å². The van der Waals surface area contributed by atoms with Crippen LogP contribution in [-0.4, -0.2) is 23.0 Å². The number of nitrogens with zero attached hydrogens (tertiary/aromatic N) is 2. The zero-order valence-electron chi connectivity index (χ0n) is 10.1. The van der Waals surface area contributed by atoms with Gasteiger partial charge in [-0.3, -0.25) is 4.68 Å². The molecule has 0 spiro atoms. The van der Waals surface area contributed by atoms with Gasteiger partial charge in [0.05, 0.1) is 18.0 Å². The first-order valence-electron chi connectivity index (χ1n) is 6.13. The number of hydrogen-bond donors (Lipinski definition) is 1. The van der Waals surface area contributed by atoms with Crippen LogP contribution in [0.5, 0.6) is 0 Å². The van der Waals surface area contributed by atoms with Gasteiger partial charge in [0.15, 0.2) is 0 Å². The van der Waals surface area contributed by atoms with Crippen molar-refractivity contribution in [3.05, 3.63) is 17.5 Å². The minimum absolute atomic E-state index is 0.0470. The lowest BCUT2D eigenvalue weighted by molar-refractivity contribution is 0.0791. The van der Waals surface area contributed by atoms with Crippen LogP contribution in [0.25, 0.3) is 0 Å². The number of hydrogen-bond acceptors (Lipinski definition) is 3. The first kappa shape index (κ1) is 11.6. The van der Waals surface area contributed by atoms with E-state index < -0.39 is 0 Å². The third-order valence-corrected chi connectivity index (χ3v) is 3.17. The second-order valence-electron chi connectivity index (χ2n) is 4.51. The van der Waals surface area contributed by atoms with Crippen LogP contribution in [0.4, 0.5) is 0 Å². The van der Waals surface area contributed by atoms with Crippen LogP contribution >= 0.6 is 0 Å². The molecule has 4 nitrogen and oxygen atoms in total. The largest absolute Gasteiger partial charge is 0.381 e. The van der Waals surface area contributed by atoms with Crippen LogP contribution in [0.3, 0.4) is 0 Å². The minimum Gasteiger partial charge on any atom is -0.381 e. The predicted molar refractivity (Wildman–Crippen MR) is 63.3 cm³/mol. The molecule has 4 heteroatoms. The molecule has 1 aliphatic rings. The molecular formula is C12H21N3O. The lowest BCUT2D eigenvalue weighted by Crippen LogP contribution is -2.16. The fourth-order valence-electron chi connectivity index (χ4n) is 2.25. The normalized spacial score (nSPS) is 23.3. The molecule has 90 valence electrons. The van der Waals surface area contributed by atoms with Crippen molar-refractivity contribution >= 4 is 0 Å². The summed E-state index contributed by atoms with van der Waals surface area (Å²) >= 11 is 0. The maximum atomic E-state index is 5.94. The van der Waals surface area contributed by atoms with Crippen LogP contribution in [0.15, 0.2) is 6.07 Å². The average molecular weight is 223 g/mol. The van der Waals surface area contributed by atoms with Gasteiger partial charge < -0.3 is 10.5 Å². The monoisotopic (exact) mass is 223 g/mol. The molecule has 1 saturated heterocycles. The summed E-state index contributed by atoms with van der Waals surface area (Å²) in [5, 5.41) is 4.63. The zero-order valence-corrected chi connectivity index (χ0v) is 10.1. The molecule has 0 bridgehead atoms. The Labute approximate surface area is 96.8 Å². The topological polar surface area (TPSA) is 53.1 Å². The highest BCUT2D eigenvalue weighted by Gasteiger charge is 2.21. The van der Waals surface area contributed by atoms with E-state index in [0.717, 1.165) is 37.6 Å². The highest BCUT2D eigenvalue weighted by Crippen LogP contribution is 2.26. The lowest BCUT2D eigenvalue weighted by atomic mass is 9.98. The molecule has 0 amide bonds. The van der Waals surface area contributed by atoms with Crippen LogP contribution in [0.1, 0.15) is 50.0 Å². The summed E-state index contributed by atoms with van der Waals surface area (Å²) in [6.07, 6.45) is 2.32. The molecular weight excluding hydrogens is 202 g/mol.